The normalized spacial score (nSPS) is 10.5. The van der Waals surface area contributed by atoms with Crippen LogP contribution in [0.25, 0.3) is 6.08 Å². The number of methoxy groups -OCH3 is 3. The standard InChI is InChI=1S/C12H16O4/c1-14-10-7-6-9(5-4-8-13)11(15-2)12(10)16-3/h4-7,13H,8H2,1-3H3/b5-4+. The zero-order valence-electron chi connectivity index (χ0n) is 9.69. The molecule has 1 rings (SSSR count). The zero-order chi connectivity index (χ0) is 12.0. The summed E-state index contributed by atoms with van der Waals surface area (Å²) in [6.45, 7) is -0.0164. The minimum atomic E-state index is -0.0164. The van der Waals surface area contributed by atoms with Crippen LogP contribution in [0.3, 0.4) is 0 Å². The van der Waals surface area contributed by atoms with Crippen LogP contribution >= 0.6 is 0 Å². The van der Waals surface area contributed by atoms with Crippen molar-refractivity contribution >= 4 is 6.08 Å². The first-order valence-electron chi connectivity index (χ1n) is 4.84. The summed E-state index contributed by atoms with van der Waals surface area (Å²) < 4.78 is 15.7. The van der Waals surface area contributed by atoms with Crippen LogP contribution in [-0.4, -0.2) is 33.0 Å². The molecule has 0 aromatic heterocycles. The van der Waals surface area contributed by atoms with E-state index in [1.54, 1.807) is 39.5 Å². The SMILES string of the molecule is COc1ccc(/C=C/CO)c(OC)c1OC. The molecule has 0 aliphatic rings. The fourth-order valence-corrected chi connectivity index (χ4v) is 1.44. The number of aliphatic hydroxyl groups is 1. The summed E-state index contributed by atoms with van der Waals surface area (Å²) in [6, 6.07) is 3.63. The van der Waals surface area contributed by atoms with Crippen LogP contribution in [0, 0.1) is 0 Å². The summed E-state index contributed by atoms with van der Waals surface area (Å²) in [4.78, 5) is 0. The minimum absolute atomic E-state index is 0.0164. The number of hydrogen-bond donors (Lipinski definition) is 1. The van der Waals surface area contributed by atoms with Gasteiger partial charge in [-0.2, -0.15) is 0 Å². The molecule has 1 N–H and O–H groups in total. The van der Waals surface area contributed by atoms with E-state index in [2.05, 4.69) is 0 Å². The fraction of sp³-hybridized carbons (Fsp3) is 0.333. The molecule has 0 heterocycles. The van der Waals surface area contributed by atoms with Gasteiger partial charge in [0, 0.05) is 5.56 Å². The molecular weight excluding hydrogens is 208 g/mol. The van der Waals surface area contributed by atoms with Crippen LogP contribution in [0.2, 0.25) is 0 Å². The highest BCUT2D eigenvalue weighted by atomic mass is 16.5. The molecule has 88 valence electrons. The Morgan fingerprint density at radius 2 is 1.75 bits per heavy atom. The van der Waals surface area contributed by atoms with Crippen LogP contribution in [0.15, 0.2) is 18.2 Å². The Kier molecular flexibility index (Phi) is 4.66. The minimum Gasteiger partial charge on any atom is -0.493 e. The molecule has 0 aliphatic heterocycles. The van der Waals surface area contributed by atoms with Crippen LogP contribution in [-0.2, 0) is 0 Å². The molecule has 0 radical (unpaired) electrons. The summed E-state index contributed by atoms with van der Waals surface area (Å²) in [5.41, 5.74) is 0.828. The molecule has 0 spiro atoms. The average Bonchev–Trinajstić information content (AvgIpc) is 2.34. The van der Waals surface area contributed by atoms with Gasteiger partial charge in [-0.3, -0.25) is 0 Å². The molecule has 1 aromatic rings. The van der Waals surface area contributed by atoms with Gasteiger partial charge in [0.05, 0.1) is 27.9 Å². The van der Waals surface area contributed by atoms with E-state index in [0.29, 0.717) is 17.2 Å². The molecule has 0 fully saturated rings. The monoisotopic (exact) mass is 224 g/mol. The lowest BCUT2D eigenvalue weighted by Crippen LogP contribution is -1.96. The van der Waals surface area contributed by atoms with Gasteiger partial charge in [-0.1, -0.05) is 12.2 Å². The first kappa shape index (κ1) is 12.4. The number of rotatable bonds is 5. The number of aliphatic hydroxyl groups excluding tert-OH is 1. The third-order valence-corrected chi connectivity index (χ3v) is 2.14. The van der Waals surface area contributed by atoms with E-state index in [0.717, 1.165) is 5.56 Å². The molecule has 4 nitrogen and oxygen atoms in total. The summed E-state index contributed by atoms with van der Waals surface area (Å²) >= 11 is 0. The Morgan fingerprint density at radius 3 is 2.25 bits per heavy atom. The van der Waals surface area contributed by atoms with Gasteiger partial charge >= 0.3 is 0 Å². The van der Waals surface area contributed by atoms with Gasteiger partial charge in [-0.25, -0.2) is 0 Å². The molecule has 0 saturated heterocycles. The van der Waals surface area contributed by atoms with Gasteiger partial charge in [0.25, 0.3) is 0 Å². The maximum Gasteiger partial charge on any atom is 0.203 e. The van der Waals surface area contributed by atoms with Gasteiger partial charge < -0.3 is 19.3 Å². The van der Waals surface area contributed by atoms with E-state index >= 15 is 0 Å². The van der Waals surface area contributed by atoms with E-state index in [4.69, 9.17) is 19.3 Å². The molecule has 4 heteroatoms. The van der Waals surface area contributed by atoms with Crippen molar-refractivity contribution in [3.8, 4) is 17.2 Å². The molecule has 1 aromatic carbocycles. The van der Waals surface area contributed by atoms with Crippen molar-refractivity contribution in [3.63, 3.8) is 0 Å². The Morgan fingerprint density at radius 1 is 1.06 bits per heavy atom. The predicted octanol–water partition coefficient (Wildman–Crippen LogP) is 1.72. The lowest BCUT2D eigenvalue weighted by Gasteiger charge is -2.13. The highest BCUT2D eigenvalue weighted by Gasteiger charge is 2.13. The van der Waals surface area contributed by atoms with Crippen molar-refractivity contribution in [3.05, 3.63) is 23.8 Å². The van der Waals surface area contributed by atoms with E-state index in [9.17, 15) is 0 Å². The molecule has 0 atom stereocenters. The van der Waals surface area contributed by atoms with Gasteiger partial charge in [0.1, 0.15) is 0 Å². The highest BCUT2D eigenvalue weighted by molar-refractivity contribution is 5.66. The maximum atomic E-state index is 8.73. The number of benzene rings is 1. The molecule has 0 saturated carbocycles. The van der Waals surface area contributed by atoms with Crippen LogP contribution in [0.4, 0.5) is 0 Å². The van der Waals surface area contributed by atoms with Crippen molar-refractivity contribution in [2.75, 3.05) is 27.9 Å². The lowest BCUT2D eigenvalue weighted by molar-refractivity contribution is 0.324. The van der Waals surface area contributed by atoms with Crippen molar-refractivity contribution < 1.29 is 19.3 Å². The smallest absolute Gasteiger partial charge is 0.203 e. The second-order valence-electron chi connectivity index (χ2n) is 3.01. The quantitative estimate of drug-likeness (QED) is 0.827. The Bertz CT molecular complexity index is 372. The van der Waals surface area contributed by atoms with E-state index in [-0.39, 0.29) is 6.61 Å². The molecule has 0 unspecified atom stereocenters. The van der Waals surface area contributed by atoms with E-state index in [1.807, 2.05) is 6.07 Å². The largest absolute Gasteiger partial charge is 0.493 e. The van der Waals surface area contributed by atoms with Crippen LogP contribution in [0.1, 0.15) is 5.56 Å². The molecule has 0 amide bonds. The molecule has 0 aliphatic carbocycles. The summed E-state index contributed by atoms with van der Waals surface area (Å²) in [5.74, 6) is 1.75. The Labute approximate surface area is 95.1 Å². The first-order chi connectivity index (χ1) is 7.78. The zero-order valence-corrected chi connectivity index (χ0v) is 9.69. The molecule has 16 heavy (non-hydrogen) atoms. The number of hydrogen-bond acceptors (Lipinski definition) is 4. The summed E-state index contributed by atoms with van der Waals surface area (Å²) in [7, 11) is 4.69. The lowest BCUT2D eigenvalue weighted by atomic mass is 10.1. The third kappa shape index (κ3) is 2.46. The topological polar surface area (TPSA) is 47.9 Å². The van der Waals surface area contributed by atoms with E-state index < -0.39 is 0 Å². The fourth-order valence-electron chi connectivity index (χ4n) is 1.44. The van der Waals surface area contributed by atoms with Crippen molar-refractivity contribution in [2.24, 2.45) is 0 Å². The number of ether oxygens (including phenoxy) is 3. The van der Waals surface area contributed by atoms with Crippen molar-refractivity contribution in [1.82, 2.24) is 0 Å². The van der Waals surface area contributed by atoms with Gasteiger partial charge in [-0.15, -0.1) is 0 Å². The van der Waals surface area contributed by atoms with E-state index in [1.165, 1.54) is 0 Å². The maximum absolute atomic E-state index is 8.73. The summed E-state index contributed by atoms with van der Waals surface area (Å²) in [6.07, 6.45) is 3.39. The van der Waals surface area contributed by atoms with Crippen molar-refractivity contribution in [1.29, 1.82) is 0 Å². The average molecular weight is 224 g/mol. The van der Waals surface area contributed by atoms with Gasteiger partial charge in [0.2, 0.25) is 5.75 Å². The molecule has 0 bridgehead atoms. The predicted molar refractivity (Wildman–Crippen MR) is 62.2 cm³/mol. The Hall–Kier alpha value is -1.68. The highest BCUT2D eigenvalue weighted by Crippen LogP contribution is 2.40. The van der Waals surface area contributed by atoms with Gasteiger partial charge in [-0.05, 0) is 12.1 Å². The first-order valence-corrected chi connectivity index (χ1v) is 4.84. The third-order valence-electron chi connectivity index (χ3n) is 2.14. The summed E-state index contributed by atoms with van der Waals surface area (Å²) in [5, 5.41) is 8.73. The van der Waals surface area contributed by atoms with Gasteiger partial charge in [0.15, 0.2) is 11.5 Å². The van der Waals surface area contributed by atoms with Crippen molar-refractivity contribution in [2.45, 2.75) is 0 Å². The van der Waals surface area contributed by atoms with Crippen LogP contribution < -0.4 is 14.2 Å². The Balaban J connectivity index is 3.25. The molecular formula is C12H16O4. The second-order valence-corrected chi connectivity index (χ2v) is 3.01. The second kappa shape index (κ2) is 6.02. The van der Waals surface area contributed by atoms with Crippen LogP contribution in [0.5, 0.6) is 17.2 Å².